The van der Waals surface area contributed by atoms with E-state index in [9.17, 15) is 0 Å². The Labute approximate surface area is 178 Å². The van der Waals surface area contributed by atoms with Gasteiger partial charge in [-0.1, -0.05) is 48.5 Å². The highest BCUT2D eigenvalue weighted by molar-refractivity contribution is 6.89. The molecule has 6 rings (SSSR count). The third-order valence-electron chi connectivity index (χ3n) is 6.05. The Hall–Kier alpha value is -3.26. The van der Waals surface area contributed by atoms with Crippen LogP contribution in [0.2, 0.25) is 0 Å². The van der Waals surface area contributed by atoms with Crippen molar-refractivity contribution in [3.63, 3.8) is 0 Å². The maximum atomic E-state index is 5.93. The molecule has 0 saturated heterocycles. The Kier molecular flexibility index (Phi) is 3.89. The van der Waals surface area contributed by atoms with Gasteiger partial charge in [0.1, 0.15) is 0 Å². The number of rotatable bonds is 3. The summed E-state index contributed by atoms with van der Waals surface area (Å²) in [5.74, 6) is 0. The van der Waals surface area contributed by atoms with Gasteiger partial charge in [0.15, 0.2) is 14.6 Å². The summed E-state index contributed by atoms with van der Waals surface area (Å²) in [6.07, 6.45) is 0. The van der Waals surface area contributed by atoms with Crippen LogP contribution in [0, 0.1) is 0 Å². The summed E-state index contributed by atoms with van der Waals surface area (Å²) < 4.78 is 4.09. The predicted molar refractivity (Wildman–Crippen MR) is 132 cm³/mol. The van der Waals surface area contributed by atoms with Crippen LogP contribution in [0.15, 0.2) is 84.9 Å². The zero-order valence-corrected chi connectivity index (χ0v) is 16.3. The minimum Gasteiger partial charge on any atom is -0.400 e. The summed E-state index contributed by atoms with van der Waals surface area (Å²) in [5, 5.41) is 4.79. The number of benzene rings is 4. The molecule has 30 heavy (non-hydrogen) atoms. The molecule has 0 aliphatic heterocycles. The highest BCUT2D eigenvalue weighted by Gasteiger charge is 2.13. The molecule has 0 bridgehead atoms. The highest BCUT2D eigenvalue weighted by Crippen LogP contribution is 2.35. The first-order valence-corrected chi connectivity index (χ1v) is 9.96. The van der Waals surface area contributed by atoms with E-state index in [1.54, 1.807) is 14.6 Å². The summed E-state index contributed by atoms with van der Waals surface area (Å²) in [4.78, 5) is 0. The molecule has 0 aliphatic carbocycles. The van der Waals surface area contributed by atoms with Crippen LogP contribution < -0.4 is 0 Å². The topological polar surface area (TPSA) is 9.86 Å². The Morgan fingerprint density at radius 1 is 0.467 bits per heavy atom. The van der Waals surface area contributed by atoms with Crippen LogP contribution in [-0.4, -0.2) is 39.0 Å². The summed E-state index contributed by atoms with van der Waals surface area (Å²) in [5.41, 5.74) is 6.81. The lowest BCUT2D eigenvalue weighted by molar-refractivity contribution is 1.38. The first-order valence-electron chi connectivity index (χ1n) is 9.96. The smallest absolute Gasteiger partial charge is 0.191 e. The summed E-state index contributed by atoms with van der Waals surface area (Å²) in [6.45, 7) is 0. The molecule has 0 fully saturated rings. The molecule has 0 saturated carbocycles. The van der Waals surface area contributed by atoms with Crippen LogP contribution in [0.5, 0.6) is 0 Å². The second-order valence-electron chi connectivity index (χ2n) is 7.54. The van der Waals surface area contributed by atoms with E-state index in [0.29, 0.717) is 0 Å². The van der Waals surface area contributed by atoms with Gasteiger partial charge in [0, 0.05) is 59.1 Å². The molecule has 132 valence electrons. The number of nitrogens with zero attached hydrogens (tertiary/aromatic N) is 2. The zero-order chi connectivity index (χ0) is 20.2. The van der Waals surface area contributed by atoms with Crippen molar-refractivity contribution in [3.8, 4) is 11.1 Å². The van der Waals surface area contributed by atoms with E-state index in [4.69, 9.17) is 15.5 Å². The third kappa shape index (κ3) is 2.37. The fourth-order valence-electron chi connectivity index (χ4n) is 4.69. The van der Waals surface area contributed by atoms with E-state index < -0.39 is 0 Å². The number of para-hydroxylation sites is 2. The van der Waals surface area contributed by atoms with Gasteiger partial charge in [-0.25, -0.2) is 0 Å². The Morgan fingerprint density at radius 2 is 0.867 bits per heavy atom. The predicted octanol–water partition coefficient (Wildman–Crippen LogP) is 4.67. The van der Waals surface area contributed by atoms with Crippen LogP contribution in [0.25, 0.3) is 54.7 Å². The summed E-state index contributed by atoms with van der Waals surface area (Å²) in [6, 6.07) is 29.9. The minimum atomic E-state index is 1.11. The molecule has 0 atom stereocenters. The Morgan fingerprint density at radius 3 is 1.30 bits per heavy atom. The van der Waals surface area contributed by atoms with Crippen LogP contribution >= 0.6 is 0 Å². The number of hydrogen-bond donors (Lipinski definition) is 0. The fourth-order valence-corrected chi connectivity index (χ4v) is 4.69. The maximum Gasteiger partial charge on any atom is 0.191 e. The van der Waals surface area contributed by atoms with Crippen LogP contribution in [0.4, 0.5) is 0 Å². The molecule has 4 aromatic carbocycles. The van der Waals surface area contributed by atoms with Gasteiger partial charge in [-0.2, -0.15) is 0 Å². The second-order valence-corrected chi connectivity index (χ2v) is 7.54. The van der Waals surface area contributed by atoms with Crippen molar-refractivity contribution in [2.75, 3.05) is 0 Å². The lowest BCUT2D eigenvalue weighted by Gasteiger charge is -2.07. The summed E-state index contributed by atoms with van der Waals surface area (Å²) >= 11 is 0. The molecule has 0 unspecified atom stereocenters. The standard InChI is InChI=1S/C24H14B4N2/c25-27-29-21-7-3-1-5-17(21)19-13-15(9-11-23(19)29)16-10-12-24-20(14-16)18-6-2-4-8-22(18)30(24)28-26/h1-14H. The quantitative estimate of drug-likeness (QED) is 0.399. The van der Waals surface area contributed by atoms with Gasteiger partial charge in [0.25, 0.3) is 0 Å². The van der Waals surface area contributed by atoms with Gasteiger partial charge >= 0.3 is 0 Å². The van der Waals surface area contributed by atoms with Crippen molar-refractivity contribution in [1.29, 1.82) is 0 Å². The third-order valence-corrected chi connectivity index (χ3v) is 6.05. The first-order chi connectivity index (χ1) is 14.8. The normalized spacial score (nSPS) is 11.6. The molecule has 2 aromatic heterocycles. The van der Waals surface area contributed by atoms with Crippen molar-refractivity contribution < 1.29 is 0 Å². The number of hydrogen-bond acceptors (Lipinski definition) is 0. The van der Waals surface area contributed by atoms with Gasteiger partial charge in [-0.05, 0) is 47.5 Å². The van der Waals surface area contributed by atoms with Crippen LogP contribution in [0.1, 0.15) is 0 Å². The van der Waals surface area contributed by atoms with Crippen molar-refractivity contribution in [2.24, 2.45) is 0 Å². The largest absolute Gasteiger partial charge is 0.400 e. The van der Waals surface area contributed by atoms with E-state index in [0.717, 1.165) is 22.1 Å². The fraction of sp³-hybridized carbons (Fsp3) is 0. The molecule has 2 nitrogen and oxygen atoms in total. The average Bonchev–Trinajstić information content (AvgIpc) is 3.30. The first kappa shape index (κ1) is 17.6. The summed E-state index contributed by atoms with van der Waals surface area (Å²) in [7, 11) is 15.1. The van der Waals surface area contributed by atoms with E-state index in [1.807, 2.05) is 21.1 Å². The molecule has 0 amide bonds. The minimum absolute atomic E-state index is 1.11. The van der Waals surface area contributed by atoms with Gasteiger partial charge in [-0.15, -0.1) is 0 Å². The number of aromatic nitrogens is 2. The number of fused-ring (bicyclic) bond motifs is 6. The molecule has 6 heteroatoms. The Bertz CT molecular complexity index is 1460. The van der Waals surface area contributed by atoms with Crippen molar-refractivity contribution in [1.82, 2.24) is 8.96 Å². The van der Waals surface area contributed by atoms with Crippen molar-refractivity contribution in [3.05, 3.63) is 84.9 Å². The molecule has 0 aliphatic rings. The Balaban J connectivity index is 1.62. The van der Waals surface area contributed by atoms with Gasteiger partial charge < -0.3 is 8.96 Å². The van der Waals surface area contributed by atoms with E-state index in [2.05, 4.69) is 72.8 Å². The lowest BCUT2D eigenvalue weighted by atomic mass is 9.66. The van der Waals surface area contributed by atoms with Crippen molar-refractivity contribution >= 4 is 73.7 Å². The van der Waals surface area contributed by atoms with Gasteiger partial charge in [-0.3, -0.25) is 0 Å². The van der Waals surface area contributed by atoms with Crippen molar-refractivity contribution in [2.45, 2.75) is 0 Å². The highest BCUT2D eigenvalue weighted by atomic mass is 14.9. The molecule has 0 spiro atoms. The molecular formula is C24H14B4N2. The average molecular weight is 374 g/mol. The van der Waals surface area contributed by atoms with Crippen LogP contribution in [0.3, 0.4) is 0 Å². The molecular weight excluding hydrogens is 360 g/mol. The SMILES string of the molecule is [B][B]n1c2ccccc2c2cc(-c3ccc4c(c3)c3ccccc3n4[B][B])ccc21. The van der Waals surface area contributed by atoms with Crippen LogP contribution in [-0.2, 0) is 0 Å². The monoisotopic (exact) mass is 374 g/mol. The van der Waals surface area contributed by atoms with Gasteiger partial charge in [0.2, 0.25) is 0 Å². The molecule has 6 aromatic rings. The zero-order valence-electron chi connectivity index (χ0n) is 16.3. The van der Waals surface area contributed by atoms with E-state index in [-0.39, 0.29) is 0 Å². The second kappa shape index (κ2) is 6.63. The van der Waals surface area contributed by atoms with E-state index in [1.165, 1.54) is 32.7 Å². The van der Waals surface area contributed by atoms with E-state index >= 15 is 0 Å². The van der Waals surface area contributed by atoms with Gasteiger partial charge in [0.05, 0.1) is 0 Å². The molecule has 2 heterocycles. The lowest BCUT2D eigenvalue weighted by Crippen LogP contribution is -2.04. The maximum absolute atomic E-state index is 5.93. The molecule has 6 radical (unpaired) electrons. The molecule has 0 N–H and O–H groups in total.